The van der Waals surface area contributed by atoms with Crippen LogP contribution in [0.25, 0.3) is 4.96 Å². The quantitative estimate of drug-likeness (QED) is 0.757. The number of benzene rings is 1. The Morgan fingerprint density at radius 3 is 2.67 bits per heavy atom. The average molecular weight is 351 g/mol. The van der Waals surface area contributed by atoms with Gasteiger partial charge in [0.05, 0.1) is 13.1 Å². The first-order valence-electron chi connectivity index (χ1n) is 7.89. The van der Waals surface area contributed by atoms with Crippen LogP contribution < -0.4 is 4.90 Å². The Kier molecular flexibility index (Phi) is 3.73. The van der Waals surface area contributed by atoms with Gasteiger partial charge in [0.1, 0.15) is 10.7 Å². The maximum absolute atomic E-state index is 13.8. The van der Waals surface area contributed by atoms with E-state index in [-0.39, 0.29) is 11.9 Å². The number of likely N-dealkylation sites (tertiary alicyclic amines) is 1. The molecule has 0 bridgehead atoms. The van der Waals surface area contributed by atoms with E-state index in [2.05, 4.69) is 10.1 Å². The summed E-state index contributed by atoms with van der Waals surface area (Å²) >= 11 is 1.35. The molecule has 0 spiro atoms. The van der Waals surface area contributed by atoms with Crippen molar-refractivity contribution in [3.8, 4) is 5.88 Å². The number of nitrogens with one attached hydrogen (secondary N) is 1. The fraction of sp³-hybridized carbons (Fsp3) is 0.375. The zero-order chi connectivity index (χ0) is 16.8. The minimum absolute atomic E-state index is 0.0322. The first-order valence-corrected chi connectivity index (χ1v) is 8.71. The van der Waals surface area contributed by atoms with E-state index < -0.39 is 11.6 Å². The number of aromatic nitrogens is 3. The van der Waals surface area contributed by atoms with E-state index in [0.29, 0.717) is 21.2 Å². The fourth-order valence-corrected chi connectivity index (χ4v) is 4.60. The highest BCUT2D eigenvalue weighted by Gasteiger charge is 2.34. The van der Waals surface area contributed by atoms with Crippen LogP contribution in [0.15, 0.2) is 18.2 Å². The van der Waals surface area contributed by atoms with Crippen molar-refractivity contribution < 1.29 is 18.8 Å². The maximum Gasteiger partial charge on any atom is 0.235 e. The number of aryl methyl sites for hydroxylation is 1. The normalized spacial score (nSPS) is 17.0. The Hall–Kier alpha value is -2.06. The van der Waals surface area contributed by atoms with Gasteiger partial charge < -0.3 is 10.0 Å². The molecule has 1 aliphatic heterocycles. The lowest BCUT2D eigenvalue weighted by Gasteiger charge is -2.24. The summed E-state index contributed by atoms with van der Waals surface area (Å²) in [5.74, 6) is -1.12. The van der Waals surface area contributed by atoms with E-state index in [1.54, 1.807) is 13.0 Å². The van der Waals surface area contributed by atoms with Crippen LogP contribution in [0.4, 0.5) is 8.78 Å². The van der Waals surface area contributed by atoms with Gasteiger partial charge in [0.25, 0.3) is 0 Å². The third kappa shape index (κ3) is 2.46. The van der Waals surface area contributed by atoms with Crippen LogP contribution in [-0.4, -0.2) is 32.8 Å². The van der Waals surface area contributed by atoms with Crippen molar-refractivity contribution in [2.24, 2.45) is 0 Å². The molecule has 5 nitrogen and oxygen atoms in total. The summed E-state index contributed by atoms with van der Waals surface area (Å²) in [5, 5.41) is 14.8. The number of thiazole rings is 1. The van der Waals surface area contributed by atoms with Gasteiger partial charge in [0.15, 0.2) is 17.7 Å². The van der Waals surface area contributed by atoms with Crippen molar-refractivity contribution in [3.05, 3.63) is 46.1 Å². The van der Waals surface area contributed by atoms with Crippen LogP contribution in [0.3, 0.4) is 0 Å². The SMILES string of the molecule is Cc1nc2sc([C@@H](c3ccc(F)c(F)c3)[NH+]3CCCC3)c(O)n2n1. The number of halogens is 2. The molecule has 24 heavy (non-hydrogen) atoms. The average Bonchev–Trinajstić information content (AvgIpc) is 3.24. The zero-order valence-corrected chi connectivity index (χ0v) is 13.9. The van der Waals surface area contributed by atoms with Crippen LogP contribution in [-0.2, 0) is 0 Å². The van der Waals surface area contributed by atoms with Gasteiger partial charge in [-0.2, -0.15) is 4.52 Å². The van der Waals surface area contributed by atoms with Crippen LogP contribution in [0.1, 0.15) is 35.1 Å². The van der Waals surface area contributed by atoms with Gasteiger partial charge in [0.2, 0.25) is 10.8 Å². The van der Waals surface area contributed by atoms with Crippen molar-refractivity contribution in [1.82, 2.24) is 14.6 Å². The van der Waals surface area contributed by atoms with Gasteiger partial charge in [-0.3, -0.25) is 0 Å². The van der Waals surface area contributed by atoms with Gasteiger partial charge in [-0.05, 0) is 25.1 Å². The molecule has 0 radical (unpaired) electrons. The van der Waals surface area contributed by atoms with Gasteiger partial charge in [-0.1, -0.05) is 11.3 Å². The van der Waals surface area contributed by atoms with E-state index in [0.717, 1.165) is 32.0 Å². The maximum atomic E-state index is 13.8. The van der Waals surface area contributed by atoms with Crippen molar-refractivity contribution in [1.29, 1.82) is 0 Å². The number of nitrogens with zero attached hydrogens (tertiary/aromatic N) is 3. The summed E-state index contributed by atoms with van der Waals surface area (Å²) in [6, 6.07) is 3.71. The Bertz CT molecular complexity index is 901. The molecule has 1 atom stereocenters. The molecule has 0 unspecified atom stereocenters. The molecule has 0 saturated carbocycles. The molecular weight excluding hydrogens is 334 g/mol. The minimum Gasteiger partial charge on any atom is -0.492 e. The number of aromatic hydroxyl groups is 1. The zero-order valence-electron chi connectivity index (χ0n) is 13.1. The molecule has 1 aromatic carbocycles. The van der Waals surface area contributed by atoms with E-state index in [9.17, 15) is 13.9 Å². The smallest absolute Gasteiger partial charge is 0.235 e. The molecule has 0 aliphatic carbocycles. The monoisotopic (exact) mass is 351 g/mol. The molecule has 4 rings (SSSR count). The third-order valence-electron chi connectivity index (χ3n) is 4.50. The van der Waals surface area contributed by atoms with Gasteiger partial charge in [0, 0.05) is 18.4 Å². The molecule has 0 amide bonds. The first kappa shape index (κ1) is 15.5. The molecule has 1 fully saturated rings. The number of fused-ring (bicyclic) bond motifs is 1. The summed E-state index contributed by atoms with van der Waals surface area (Å²) in [4.78, 5) is 6.82. The van der Waals surface area contributed by atoms with E-state index in [1.807, 2.05) is 0 Å². The Morgan fingerprint density at radius 1 is 1.25 bits per heavy atom. The Balaban J connectivity index is 1.86. The van der Waals surface area contributed by atoms with Gasteiger partial charge in [-0.25, -0.2) is 13.8 Å². The Labute approximate surface area is 141 Å². The van der Waals surface area contributed by atoms with Crippen molar-refractivity contribution in [2.45, 2.75) is 25.8 Å². The predicted molar refractivity (Wildman–Crippen MR) is 85.4 cm³/mol. The molecule has 3 heterocycles. The number of hydrogen-bond donors (Lipinski definition) is 2. The molecular formula is C16H17F2N4OS+. The van der Waals surface area contributed by atoms with Crippen LogP contribution in [0, 0.1) is 18.6 Å². The van der Waals surface area contributed by atoms with Crippen molar-refractivity contribution >= 4 is 16.3 Å². The van der Waals surface area contributed by atoms with Crippen LogP contribution in [0.2, 0.25) is 0 Å². The molecule has 1 saturated heterocycles. The van der Waals surface area contributed by atoms with E-state index in [4.69, 9.17) is 0 Å². The highest BCUT2D eigenvalue weighted by atomic mass is 32.1. The highest BCUT2D eigenvalue weighted by Crippen LogP contribution is 2.35. The summed E-state index contributed by atoms with van der Waals surface area (Å²) < 4.78 is 28.5. The lowest BCUT2D eigenvalue weighted by atomic mass is 10.0. The summed E-state index contributed by atoms with van der Waals surface area (Å²) in [7, 11) is 0. The molecule has 1 aliphatic rings. The van der Waals surface area contributed by atoms with Crippen LogP contribution >= 0.6 is 11.3 Å². The topological polar surface area (TPSA) is 54.9 Å². The number of quaternary nitrogens is 1. The fourth-order valence-electron chi connectivity index (χ4n) is 3.42. The molecule has 2 N–H and O–H groups in total. The lowest BCUT2D eigenvalue weighted by molar-refractivity contribution is -0.913. The summed E-state index contributed by atoms with van der Waals surface area (Å²) in [6.07, 6.45) is 2.16. The van der Waals surface area contributed by atoms with Crippen molar-refractivity contribution in [3.63, 3.8) is 0 Å². The lowest BCUT2D eigenvalue weighted by Crippen LogP contribution is -3.10. The van der Waals surface area contributed by atoms with E-state index >= 15 is 0 Å². The molecule has 2 aromatic heterocycles. The standard InChI is InChI=1S/C16H16F2N4OS/c1-9-19-16-22(20-9)15(23)14(24-16)13(21-6-2-3-7-21)10-4-5-11(17)12(18)8-10/h4-5,8,13,23H,2-3,6-7H2,1H3/p+1/t13-/m1/s1. The number of hydrogen-bond acceptors (Lipinski definition) is 4. The number of rotatable bonds is 3. The van der Waals surface area contributed by atoms with Crippen molar-refractivity contribution in [2.75, 3.05) is 13.1 Å². The Morgan fingerprint density at radius 2 is 2.00 bits per heavy atom. The van der Waals surface area contributed by atoms with Gasteiger partial charge >= 0.3 is 0 Å². The molecule has 126 valence electrons. The first-order chi connectivity index (χ1) is 11.5. The second-order valence-electron chi connectivity index (χ2n) is 6.12. The van der Waals surface area contributed by atoms with E-state index in [1.165, 1.54) is 26.8 Å². The highest BCUT2D eigenvalue weighted by molar-refractivity contribution is 7.17. The summed E-state index contributed by atoms with van der Waals surface area (Å²) in [6.45, 7) is 3.61. The third-order valence-corrected chi connectivity index (χ3v) is 5.58. The van der Waals surface area contributed by atoms with Crippen LogP contribution in [0.5, 0.6) is 5.88 Å². The van der Waals surface area contributed by atoms with Gasteiger partial charge in [-0.15, -0.1) is 5.10 Å². The molecule has 8 heteroatoms. The second kappa shape index (κ2) is 5.78. The second-order valence-corrected chi connectivity index (χ2v) is 7.12. The predicted octanol–water partition coefficient (Wildman–Crippen LogP) is 1.85. The minimum atomic E-state index is -0.870. The largest absolute Gasteiger partial charge is 0.492 e. The molecule has 3 aromatic rings. The summed E-state index contributed by atoms with van der Waals surface area (Å²) in [5.41, 5.74) is 0.655.